The molecule has 0 unspecified atom stereocenters. The number of nitrogens with zero attached hydrogens (tertiary/aromatic N) is 1. The largest absolute Gasteiger partial charge is 0.469 e. The first kappa shape index (κ1) is 7.84. The summed E-state index contributed by atoms with van der Waals surface area (Å²) < 4.78 is 4.51. The van der Waals surface area contributed by atoms with Crippen molar-refractivity contribution in [1.29, 1.82) is 5.41 Å². The molecule has 5 nitrogen and oxygen atoms in total. The van der Waals surface area contributed by atoms with Crippen LogP contribution in [0.4, 0.5) is 0 Å². The summed E-state index contributed by atoms with van der Waals surface area (Å²) in [6, 6.07) is 0. The minimum Gasteiger partial charge on any atom is -0.469 e. The lowest BCUT2D eigenvalue weighted by Crippen LogP contribution is -2.55. The highest BCUT2D eigenvalue weighted by Crippen LogP contribution is 2.15. The standard InChI is InChI=1S/C6H11N3O2/c1-11-5(10)4-2-9(3-4)6(7)8/h4H,2-3H2,1H3,(H3,7,8). The Balaban J connectivity index is 2.29. The number of hydrogen-bond acceptors (Lipinski definition) is 3. The van der Waals surface area contributed by atoms with Crippen LogP contribution in [0.1, 0.15) is 0 Å². The highest BCUT2D eigenvalue weighted by molar-refractivity contribution is 5.80. The molecule has 11 heavy (non-hydrogen) atoms. The van der Waals surface area contributed by atoms with E-state index in [4.69, 9.17) is 11.1 Å². The van der Waals surface area contributed by atoms with Crippen molar-refractivity contribution < 1.29 is 9.53 Å². The molecule has 0 aliphatic carbocycles. The van der Waals surface area contributed by atoms with Crippen molar-refractivity contribution in [3.8, 4) is 0 Å². The summed E-state index contributed by atoms with van der Waals surface area (Å²) in [7, 11) is 1.36. The van der Waals surface area contributed by atoms with Gasteiger partial charge < -0.3 is 15.4 Å². The lowest BCUT2D eigenvalue weighted by Gasteiger charge is -2.37. The van der Waals surface area contributed by atoms with E-state index in [1.54, 1.807) is 4.90 Å². The second kappa shape index (κ2) is 2.77. The predicted molar refractivity (Wildman–Crippen MR) is 39.0 cm³/mol. The van der Waals surface area contributed by atoms with Gasteiger partial charge in [0.2, 0.25) is 0 Å². The maximum atomic E-state index is 10.8. The number of rotatable bonds is 1. The Labute approximate surface area is 64.6 Å². The molecular formula is C6H11N3O2. The number of ether oxygens (including phenoxy) is 1. The predicted octanol–water partition coefficient (Wildman–Crippen LogP) is -1.02. The smallest absolute Gasteiger partial charge is 0.312 e. The van der Waals surface area contributed by atoms with Crippen molar-refractivity contribution in [2.75, 3.05) is 20.2 Å². The second-order valence-electron chi connectivity index (χ2n) is 2.51. The first-order valence-corrected chi connectivity index (χ1v) is 3.32. The summed E-state index contributed by atoms with van der Waals surface area (Å²) in [5.41, 5.74) is 5.16. The molecule has 0 aromatic heterocycles. The van der Waals surface area contributed by atoms with E-state index in [2.05, 4.69) is 4.74 Å². The molecule has 1 aliphatic heterocycles. The number of hydrogen-bond donors (Lipinski definition) is 2. The average Bonchev–Trinajstić information content (AvgIpc) is 1.83. The molecule has 1 heterocycles. The molecule has 0 atom stereocenters. The van der Waals surface area contributed by atoms with E-state index in [0.717, 1.165) is 0 Å². The van der Waals surface area contributed by atoms with Crippen molar-refractivity contribution in [3.63, 3.8) is 0 Å². The molecule has 1 fully saturated rings. The van der Waals surface area contributed by atoms with E-state index in [1.165, 1.54) is 7.11 Å². The summed E-state index contributed by atoms with van der Waals surface area (Å²) in [6.07, 6.45) is 0. The average molecular weight is 157 g/mol. The SMILES string of the molecule is COC(=O)C1CN(C(=N)N)C1. The van der Waals surface area contributed by atoms with Gasteiger partial charge in [-0.3, -0.25) is 10.2 Å². The van der Waals surface area contributed by atoms with Crippen LogP contribution in [0.25, 0.3) is 0 Å². The summed E-state index contributed by atoms with van der Waals surface area (Å²) in [5.74, 6) is -0.295. The van der Waals surface area contributed by atoms with Gasteiger partial charge in [-0.25, -0.2) is 0 Å². The quantitative estimate of drug-likeness (QED) is 0.290. The van der Waals surface area contributed by atoms with Gasteiger partial charge in [0.05, 0.1) is 13.0 Å². The highest BCUT2D eigenvalue weighted by atomic mass is 16.5. The minimum atomic E-state index is -0.220. The van der Waals surface area contributed by atoms with Gasteiger partial charge in [0.15, 0.2) is 5.96 Å². The minimum absolute atomic E-state index is 0.0187. The fraction of sp³-hybridized carbons (Fsp3) is 0.667. The van der Waals surface area contributed by atoms with E-state index in [1.807, 2.05) is 0 Å². The highest BCUT2D eigenvalue weighted by Gasteiger charge is 2.33. The number of esters is 1. The molecule has 5 heteroatoms. The van der Waals surface area contributed by atoms with Gasteiger partial charge in [-0.1, -0.05) is 0 Å². The van der Waals surface area contributed by atoms with Gasteiger partial charge in [-0.2, -0.15) is 0 Å². The Morgan fingerprint density at radius 3 is 2.64 bits per heavy atom. The first-order chi connectivity index (χ1) is 5.15. The summed E-state index contributed by atoms with van der Waals surface area (Å²) in [4.78, 5) is 12.4. The molecule has 1 saturated heterocycles. The van der Waals surface area contributed by atoms with Crippen LogP contribution in [0, 0.1) is 11.3 Å². The third-order valence-electron chi connectivity index (χ3n) is 1.76. The van der Waals surface area contributed by atoms with E-state index in [0.29, 0.717) is 13.1 Å². The Hall–Kier alpha value is -1.26. The Kier molecular flexibility index (Phi) is 1.98. The maximum absolute atomic E-state index is 10.8. The van der Waals surface area contributed by atoms with Gasteiger partial charge in [-0.15, -0.1) is 0 Å². The summed E-state index contributed by atoms with van der Waals surface area (Å²) in [6.45, 7) is 1.03. The zero-order valence-electron chi connectivity index (χ0n) is 6.33. The van der Waals surface area contributed by atoms with Crippen molar-refractivity contribution in [1.82, 2.24) is 4.90 Å². The lowest BCUT2D eigenvalue weighted by atomic mass is 10.0. The summed E-state index contributed by atoms with van der Waals surface area (Å²) in [5, 5.41) is 6.99. The fourth-order valence-electron chi connectivity index (χ4n) is 0.991. The van der Waals surface area contributed by atoms with Crippen molar-refractivity contribution in [3.05, 3.63) is 0 Å². The van der Waals surface area contributed by atoms with Crippen LogP contribution in [-0.4, -0.2) is 37.0 Å². The normalized spacial score (nSPS) is 17.4. The van der Waals surface area contributed by atoms with Crippen LogP contribution in [-0.2, 0) is 9.53 Å². The van der Waals surface area contributed by atoms with Crippen molar-refractivity contribution in [2.45, 2.75) is 0 Å². The number of carbonyl (C=O) groups is 1. The number of nitrogens with two attached hydrogens (primary N) is 1. The zero-order chi connectivity index (χ0) is 8.43. The topological polar surface area (TPSA) is 79.4 Å². The van der Waals surface area contributed by atoms with Crippen LogP contribution in [0.3, 0.4) is 0 Å². The van der Waals surface area contributed by atoms with Crippen LogP contribution in [0.5, 0.6) is 0 Å². The van der Waals surface area contributed by atoms with E-state index < -0.39 is 0 Å². The summed E-state index contributed by atoms with van der Waals surface area (Å²) >= 11 is 0. The number of likely N-dealkylation sites (tertiary alicyclic amines) is 1. The van der Waals surface area contributed by atoms with Crippen LogP contribution >= 0.6 is 0 Å². The number of carbonyl (C=O) groups excluding carboxylic acids is 1. The number of nitrogens with one attached hydrogen (secondary N) is 1. The Morgan fingerprint density at radius 1 is 1.73 bits per heavy atom. The van der Waals surface area contributed by atoms with Gasteiger partial charge >= 0.3 is 5.97 Å². The molecule has 1 aliphatic rings. The third-order valence-corrected chi connectivity index (χ3v) is 1.76. The van der Waals surface area contributed by atoms with E-state index >= 15 is 0 Å². The maximum Gasteiger partial charge on any atom is 0.312 e. The van der Waals surface area contributed by atoms with Gasteiger partial charge in [0.25, 0.3) is 0 Å². The molecule has 0 bridgehead atoms. The third kappa shape index (κ3) is 1.42. The van der Waals surface area contributed by atoms with E-state index in [-0.39, 0.29) is 17.8 Å². The first-order valence-electron chi connectivity index (χ1n) is 3.32. The van der Waals surface area contributed by atoms with Crippen LogP contribution in [0.2, 0.25) is 0 Å². The molecule has 62 valence electrons. The Bertz CT molecular complexity index is 186. The Morgan fingerprint density at radius 2 is 2.27 bits per heavy atom. The molecule has 1 rings (SSSR count). The van der Waals surface area contributed by atoms with Crippen molar-refractivity contribution in [2.24, 2.45) is 11.7 Å². The molecule has 0 saturated carbocycles. The zero-order valence-corrected chi connectivity index (χ0v) is 6.33. The van der Waals surface area contributed by atoms with Gasteiger partial charge in [0, 0.05) is 13.1 Å². The van der Waals surface area contributed by atoms with E-state index in [9.17, 15) is 4.79 Å². The van der Waals surface area contributed by atoms with Crippen LogP contribution in [0.15, 0.2) is 0 Å². The van der Waals surface area contributed by atoms with Crippen LogP contribution < -0.4 is 5.73 Å². The molecule has 0 amide bonds. The van der Waals surface area contributed by atoms with Crippen molar-refractivity contribution >= 4 is 11.9 Å². The van der Waals surface area contributed by atoms with Gasteiger partial charge in [0.1, 0.15) is 0 Å². The van der Waals surface area contributed by atoms with Gasteiger partial charge in [-0.05, 0) is 0 Å². The molecular weight excluding hydrogens is 146 g/mol. The number of methoxy groups -OCH3 is 1. The monoisotopic (exact) mass is 157 g/mol. The molecule has 0 radical (unpaired) electrons. The molecule has 0 aromatic carbocycles. The number of guanidine groups is 1. The second-order valence-corrected chi connectivity index (χ2v) is 2.51. The fourth-order valence-corrected chi connectivity index (χ4v) is 0.991. The molecule has 0 aromatic rings. The molecule has 0 spiro atoms. The lowest BCUT2D eigenvalue weighted by molar-refractivity contribution is -0.149. The molecule has 3 N–H and O–H groups in total.